The predicted octanol–water partition coefficient (Wildman–Crippen LogP) is 8.36. The van der Waals surface area contributed by atoms with E-state index in [-0.39, 0.29) is 23.9 Å². The summed E-state index contributed by atoms with van der Waals surface area (Å²) >= 11 is 0. The quantitative estimate of drug-likeness (QED) is 0.0686. The van der Waals surface area contributed by atoms with Crippen molar-refractivity contribution in [2.24, 2.45) is 0 Å². The molecule has 5 heterocycles. The molecule has 2 amide bonds. The Morgan fingerprint density at radius 1 is 0.851 bits per heavy atom. The standard InChI is InChI=1S/C50H61F3N9O4P/c1-7-32-26-40(57-50-54-29-30(4)48(59-50)56-41-27-39(53)46-36(47(41)67(5,6)65)11-10-33(8-2)55-46)43(66-9-3)28-42(32)62-18-15-34(16-19-62)61-22-20-60(21-23-61)17-14-31-24-37(51)45(38(52)25-31)35-12-13-44(63)58-49(35)64/h10-11,24-29,34-35H,7-9,12-23H2,1-6H3,(H,58,63,64)(H2,54,56,57,59). The van der Waals surface area contributed by atoms with Gasteiger partial charge in [0.15, 0.2) is 5.82 Å². The van der Waals surface area contributed by atoms with Crippen LogP contribution in [0.15, 0.2) is 48.7 Å². The van der Waals surface area contributed by atoms with E-state index in [1.807, 2.05) is 26.8 Å². The van der Waals surface area contributed by atoms with Gasteiger partial charge in [-0.3, -0.25) is 19.8 Å². The fraction of sp³-hybridized carbons (Fsp3) is 0.460. The third-order valence-corrected chi connectivity index (χ3v) is 14.9. The van der Waals surface area contributed by atoms with Gasteiger partial charge in [-0.05, 0) is 101 Å². The number of fused-ring (bicyclic) bond motifs is 1. The number of pyridine rings is 1. The van der Waals surface area contributed by atoms with E-state index in [2.05, 4.69) is 59.7 Å². The maximum Gasteiger partial charge on any atom is 0.234 e. The Balaban J connectivity index is 0.894. The lowest BCUT2D eigenvalue weighted by molar-refractivity contribution is -0.134. The predicted molar refractivity (Wildman–Crippen MR) is 259 cm³/mol. The van der Waals surface area contributed by atoms with Gasteiger partial charge < -0.3 is 29.7 Å². The van der Waals surface area contributed by atoms with Gasteiger partial charge in [0, 0.05) is 110 Å². The molecule has 3 fully saturated rings. The molecular formula is C50H61F3N9O4P. The van der Waals surface area contributed by atoms with E-state index in [9.17, 15) is 14.2 Å². The van der Waals surface area contributed by atoms with Gasteiger partial charge in [-0.1, -0.05) is 19.9 Å². The summed E-state index contributed by atoms with van der Waals surface area (Å²) in [7, 11) is -2.92. The number of piperidine rings is 2. The minimum absolute atomic E-state index is 0.0587. The summed E-state index contributed by atoms with van der Waals surface area (Å²) in [5, 5.41) is 9.90. The van der Waals surface area contributed by atoms with Gasteiger partial charge in [0.1, 0.15) is 35.9 Å². The Kier molecular flexibility index (Phi) is 14.5. The number of carbonyl (C=O) groups excluding carboxylic acids is 2. The van der Waals surface area contributed by atoms with Crippen molar-refractivity contribution >= 4 is 64.0 Å². The number of benzene rings is 3. The van der Waals surface area contributed by atoms with Crippen LogP contribution in [-0.2, 0) is 33.4 Å². The molecule has 1 atom stereocenters. The van der Waals surface area contributed by atoms with Gasteiger partial charge in [0.25, 0.3) is 0 Å². The Morgan fingerprint density at radius 3 is 2.24 bits per heavy atom. The van der Waals surface area contributed by atoms with Crippen molar-refractivity contribution in [1.82, 2.24) is 30.1 Å². The van der Waals surface area contributed by atoms with Crippen molar-refractivity contribution in [2.45, 2.75) is 84.6 Å². The Bertz CT molecular complexity index is 2690. The minimum Gasteiger partial charge on any atom is -0.492 e. The minimum atomic E-state index is -2.92. The summed E-state index contributed by atoms with van der Waals surface area (Å²) in [4.78, 5) is 45.1. The fourth-order valence-electron chi connectivity index (χ4n) is 9.79. The van der Waals surface area contributed by atoms with Crippen LogP contribution in [0.5, 0.6) is 5.75 Å². The molecule has 3 aliphatic rings. The third kappa shape index (κ3) is 10.6. The van der Waals surface area contributed by atoms with Crippen LogP contribution in [0.3, 0.4) is 0 Å². The molecule has 8 rings (SSSR count). The molecule has 3 saturated heterocycles. The summed E-state index contributed by atoms with van der Waals surface area (Å²) < 4.78 is 65.9. The van der Waals surface area contributed by atoms with Crippen LogP contribution in [0, 0.1) is 24.4 Å². The van der Waals surface area contributed by atoms with Gasteiger partial charge >= 0.3 is 0 Å². The van der Waals surface area contributed by atoms with E-state index < -0.39 is 42.3 Å². The van der Waals surface area contributed by atoms with E-state index >= 15 is 13.2 Å². The van der Waals surface area contributed by atoms with E-state index in [0.29, 0.717) is 71.5 Å². The number of hydrogen-bond donors (Lipinski definition) is 3. The number of carbonyl (C=O) groups is 2. The van der Waals surface area contributed by atoms with Crippen molar-refractivity contribution in [3.8, 4) is 5.75 Å². The Labute approximate surface area is 390 Å². The van der Waals surface area contributed by atoms with Gasteiger partial charge in [-0.15, -0.1) is 0 Å². The summed E-state index contributed by atoms with van der Waals surface area (Å²) in [5.74, 6) is -2.61. The molecule has 17 heteroatoms. The number of ether oxygens (including phenoxy) is 1. The highest BCUT2D eigenvalue weighted by molar-refractivity contribution is 7.71. The van der Waals surface area contributed by atoms with E-state index in [0.717, 1.165) is 86.7 Å². The van der Waals surface area contributed by atoms with Crippen LogP contribution in [0.25, 0.3) is 10.9 Å². The molecular weight excluding hydrogens is 879 g/mol. The lowest BCUT2D eigenvalue weighted by Gasteiger charge is -2.43. The van der Waals surface area contributed by atoms with Crippen LogP contribution >= 0.6 is 7.14 Å². The first kappa shape index (κ1) is 47.9. The first-order chi connectivity index (χ1) is 32.1. The fourth-order valence-corrected chi connectivity index (χ4v) is 11.2. The molecule has 5 aromatic rings. The molecule has 356 valence electrons. The molecule has 0 bridgehead atoms. The number of piperazine rings is 1. The number of hydrogen-bond acceptors (Lipinski definition) is 12. The number of aryl methyl sites for hydroxylation is 3. The average Bonchev–Trinajstić information content (AvgIpc) is 3.30. The number of aromatic nitrogens is 3. The zero-order valence-corrected chi connectivity index (χ0v) is 40.2. The largest absolute Gasteiger partial charge is 0.492 e. The van der Waals surface area contributed by atoms with Crippen LogP contribution in [0.1, 0.15) is 80.3 Å². The van der Waals surface area contributed by atoms with Gasteiger partial charge in [-0.2, -0.15) is 4.98 Å². The zero-order chi connectivity index (χ0) is 47.6. The maximum atomic E-state index is 15.6. The molecule has 67 heavy (non-hydrogen) atoms. The van der Waals surface area contributed by atoms with Crippen LogP contribution < -0.4 is 30.9 Å². The van der Waals surface area contributed by atoms with Crippen molar-refractivity contribution < 1.29 is 32.1 Å². The highest BCUT2D eigenvalue weighted by Gasteiger charge is 2.33. The van der Waals surface area contributed by atoms with Gasteiger partial charge in [0.2, 0.25) is 17.8 Å². The van der Waals surface area contributed by atoms with E-state index in [4.69, 9.17) is 9.72 Å². The highest BCUT2D eigenvalue weighted by Crippen LogP contribution is 2.43. The Hall–Kier alpha value is -5.57. The molecule has 0 saturated carbocycles. The lowest BCUT2D eigenvalue weighted by atomic mass is 9.89. The SMILES string of the molecule is CCOc1cc(N2CCC(N3CCN(CCc4cc(F)c(C5CCC(=O)NC5=O)c(F)c4)CC3)CC2)c(CC)cc1Nc1ncc(C)c(Nc2cc(F)c3nc(CC)ccc3c2P(C)(C)=O)n1. The molecule has 1 unspecified atom stereocenters. The monoisotopic (exact) mass is 939 g/mol. The van der Waals surface area contributed by atoms with Crippen molar-refractivity contribution in [1.29, 1.82) is 0 Å². The third-order valence-electron chi connectivity index (χ3n) is 13.4. The second-order valence-electron chi connectivity index (χ2n) is 18.2. The van der Waals surface area contributed by atoms with Crippen molar-refractivity contribution in [3.63, 3.8) is 0 Å². The smallest absolute Gasteiger partial charge is 0.234 e. The highest BCUT2D eigenvalue weighted by atomic mass is 31.2. The first-order valence-corrected chi connectivity index (χ1v) is 26.1. The molecule has 0 aliphatic carbocycles. The second-order valence-corrected chi connectivity index (χ2v) is 21.4. The number of rotatable bonds is 15. The van der Waals surface area contributed by atoms with Crippen LogP contribution in [-0.4, -0.2) is 108 Å². The molecule has 13 nitrogen and oxygen atoms in total. The zero-order valence-electron chi connectivity index (χ0n) is 39.3. The molecule has 0 spiro atoms. The molecule has 0 radical (unpaired) electrons. The molecule has 3 N–H and O–H groups in total. The van der Waals surface area contributed by atoms with Gasteiger partial charge in [-0.25, -0.2) is 23.1 Å². The van der Waals surface area contributed by atoms with E-state index in [1.165, 1.54) is 18.2 Å². The molecule has 2 aromatic heterocycles. The van der Waals surface area contributed by atoms with Gasteiger partial charge in [0.05, 0.1) is 23.9 Å². The number of anilines is 5. The Morgan fingerprint density at radius 2 is 1.58 bits per heavy atom. The number of nitrogens with one attached hydrogen (secondary N) is 3. The number of amides is 2. The maximum absolute atomic E-state index is 15.6. The molecule has 3 aromatic carbocycles. The summed E-state index contributed by atoms with van der Waals surface area (Å²) in [6.45, 7) is 17.8. The number of imide groups is 1. The van der Waals surface area contributed by atoms with Crippen LogP contribution in [0.2, 0.25) is 0 Å². The lowest BCUT2D eigenvalue weighted by Crippen LogP contribution is -2.53. The van der Waals surface area contributed by atoms with Crippen LogP contribution in [0.4, 0.5) is 42.0 Å². The number of nitrogens with zero attached hydrogens (tertiary/aromatic N) is 6. The summed E-state index contributed by atoms with van der Waals surface area (Å²) in [6.07, 6.45) is 5.82. The number of halogens is 3. The summed E-state index contributed by atoms with van der Waals surface area (Å²) in [5.41, 5.74) is 5.37. The normalized spacial score (nSPS) is 17.8. The topological polar surface area (TPSA) is 145 Å². The van der Waals surface area contributed by atoms with E-state index in [1.54, 1.807) is 25.6 Å². The average molecular weight is 940 g/mol. The second kappa shape index (κ2) is 20.3. The van der Waals surface area contributed by atoms with Crippen molar-refractivity contribution in [3.05, 3.63) is 94.1 Å². The van der Waals surface area contributed by atoms with Crippen molar-refractivity contribution in [2.75, 3.05) is 81.3 Å². The first-order valence-electron chi connectivity index (χ1n) is 23.5. The molecule has 3 aliphatic heterocycles. The summed E-state index contributed by atoms with van der Waals surface area (Å²) in [6, 6.07) is 12.3.